The quantitative estimate of drug-likeness (QED) is 0.759. The van der Waals surface area contributed by atoms with Crippen LogP contribution in [-0.4, -0.2) is 30.0 Å². The Bertz CT molecular complexity index is 348. The Kier molecular flexibility index (Phi) is 5.12. The van der Waals surface area contributed by atoms with Gasteiger partial charge in [-0.15, -0.1) is 12.4 Å². The molecule has 1 aromatic rings. The van der Waals surface area contributed by atoms with Gasteiger partial charge in [0.1, 0.15) is 5.69 Å². The molecule has 0 saturated carbocycles. The molecule has 0 aliphatic carbocycles. The number of carbonyl (C=O) groups is 1. The number of rotatable bonds is 2. The number of hydrogen-bond donors (Lipinski definition) is 3. The lowest BCUT2D eigenvalue weighted by Crippen LogP contribution is -2.45. The number of halogens is 2. The highest BCUT2D eigenvalue weighted by Crippen LogP contribution is 2.10. The lowest BCUT2D eigenvalue weighted by Gasteiger charge is -2.23. The number of hydrogen-bond acceptors (Lipinski definition) is 2. The largest absolute Gasteiger partial charge is 0.356 e. The van der Waals surface area contributed by atoms with E-state index in [0.29, 0.717) is 10.7 Å². The van der Waals surface area contributed by atoms with Crippen molar-refractivity contribution in [2.24, 2.45) is 0 Å². The number of aromatic nitrogens is 1. The zero-order valence-corrected chi connectivity index (χ0v) is 10.3. The van der Waals surface area contributed by atoms with Crippen molar-refractivity contribution < 1.29 is 4.79 Å². The third kappa shape index (κ3) is 3.40. The lowest BCUT2D eigenvalue weighted by molar-refractivity contribution is 0.0926. The van der Waals surface area contributed by atoms with E-state index < -0.39 is 0 Å². The maximum absolute atomic E-state index is 11.7. The zero-order valence-electron chi connectivity index (χ0n) is 8.75. The molecule has 1 saturated heterocycles. The number of amides is 1. The summed E-state index contributed by atoms with van der Waals surface area (Å²) in [6.45, 7) is 1.89. The molecular weight excluding hydrogens is 249 g/mol. The monoisotopic (exact) mass is 263 g/mol. The van der Waals surface area contributed by atoms with E-state index in [4.69, 9.17) is 11.6 Å². The Morgan fingerprint density at radius 2 is 2.38 bits per heavy atom. The van der Waals surface area contributed by atoms with Gasteiger partial charge in [0, 0.05) is 18.8 Å². The summed E-state index contributed by atoms with van der Waals surface area (Å²) in [6, 6.07) is 1.86. The minimum atomic E-state index is -0.0874. The van der Waals surface area contributed by atoms with Gasteiger partial charge in [0.05, 0.1) is 5.02 Å². The van der Waals surface area contributed by atoms with E-state index in [1.165, 1.54) is 0 Å². The Balaban J connectivity index is 0.00000128. The summed E-state index contributed by atoms with van der Waals surface area (Å²) >= 11 is 5.72. The van der Waals surface area contributed by atoms with Gasteiger partial charge in [0.2, 0.25) is 0 Å². The van der Waals surface area contributed by atoms with Crippen LogP contribution in [0.2, 0.25) is 5.02 Å². The molecule has 1 atom stereocenters. The first-order valence-electron chi connectivity index (χ1n) is 5.11. The molecule has 1 amide bonds. The number of H-pyrrole nitrogens is 1. The second-order valence-corrected chi connectivity index (χ2v) is 4.18. The van der Waals surface area contributed by atoms with Gasteiger partial charge in [-0.05, 0) is 25.5 Å². The number of piperidine rings is 1. The van der Waals surface area contributed by atoms with Crippen molar-refractivity contribution in [1.82, 2.24) is 15.6 Å². The molecule has 0 aromatic carbocycles. The third-order valence-electron chi connectivity index (χ3n) is 2.52. The predicted molar refractivity (Wildman–Crippen MR) is 66.4 cm³/mol. The molecule has 4 nitrogen and oxygen atoms in total. The van der Waals surface area contributed by atoms with E-state index in [0.717, 1.165) is 25.9 Å². The summed E-state index contributed by atoms with van der Waals surface area (Å²) in [5, 5.41) is 6.76. The van der Waals surface area contributed by atoms with Crippen molar-refractivity contribution in [2.75, 3.05) is 13.1 Å². The van der Waals surface area contributed by atoms with Gasteiger partial charge < -0.3 is 15.6 Å². The fourth-order valence-electron chi connectivity index (χ4n) is 1.74. The molecular formula is C10H15Cl2N3O. The van der Waals surface area contributed by atoms with Crippen LogP contribution in [0.15, 0.2) is 12.3 Å². The summed E-state index contributed by atoms with van der Waals surface area (Å²) in [5.41, 5.74) is 0.519. The highest BCUT2D eigenvalue weighted by atomic mass is 35.5. The number of aromatic amines is 1. The Morgan fingerprint density at radius 1 is 1.56 bits per heavy atom. The van der Waals surface area contributed by atoms with Crippen LogP contribution in [0.1, 0.15) is 23.3 Å². The molecule has 0 unspecified atom stereocenters. The Hall–Kier alpha value is -0.710. The second kappa shape index (κ2) is 6.13. The van der Waals surface area contributed by atoms with Crippen LogP contribution >= 0.6 is 24.0 Å². The Labute approximate surface area is 106 Å². The van der Waals surface area contributed by atoms with Crippen LogP contribution in [0.3, 0.4) is 0 Å². The molecule has 1 aromatic heterocycles. The molecule has 6 heteroatoms. The normalized spacial score (nSPS) is 19.9. The van der Waals surface area contributed by atoms with Crippen molar-refractivity contribution in [3.8, 4) is 0 Å². The minimum Gasteiger partial charge on any atom is -0.356 e. The van der Waals surface area contributed by atoms with Gasteiger partial charge in [-0.1, -0.05) is 11.6 Å². The molecule has 0 bridgehead atoms. The van der Waals surface area contributed by atoms with Crippen molar-refractivity contribution >= 4 is 29.9 Å². The van der Waals surface area contributed by atoms with Crippen LogP contribution in [-0.2, 0) is 0 Å². The average Bonchev–Trinajstić information content (AvgIpc) is 2.66. The van der Waals surface area contributed by atoms with Crippen molar-refractivity contribution in [2.45, 2.75) is 18.9 Å². The van der Waals surface area contributed by atoms with Gasteiger partial charge in [0.25, 0.3) is 5.91 Å². The SMILES string of the molecule is Cl.O=C(N[C@H]1CCCNC1)c1cc(Cl)c[nH]1. The third-order valence-corrected chi connectivity index (χ3v) is 2.74. The van der Waals surface area contributed by atoms with Crippen molar-refractivity contribution in [1.29, 1.82) is 0 Å². The Morgan fingerprint density at radius 3 is 2.94 bits per heavy atom. The second-order valence-electron chi connectivity index (χ2n) is 3.75. The molecule has 0 spiro atoms. The minimum absolute atomic E-state index is 0. The van der Waals surface area contributed by atoms with Crippen LogP contribution < -0.4 is 10.6 Å². The first kappa shape index (κ1) is 13.4. The topological polar surface area (TPSA) is 56.9 Å². The molecule has 16 heavy (non-hydrogen) atoms. The number of nitrogens with one attached hydrogen (secondary N) is 3. The molecule has 1 aliphatic heterocycles. The van der Waals surface area contributed by atoms with Gasteiger partial charge in [-0.2, -0.15) is 0 Å². The van der Waals surface area contributed by atoms with Gasteiger partial charge in [-0.3, -0.25) is 4.79 Å². The molecule has 1 fully saturated rings. The molecule has 0 radical (unpaired) electrons. The van der Waals surface area contributed by atoms with E-state index in [2.05, 4.69) is 15.6 Å². The zero-order chi connectivity index (χ0) is 10.7. The molecule has 2 rings (SSSR count). The van der Waals surface area contributed by atoms with Gasteiger partial charge in [0.15, 0.2) is 0 Å². The van der Waals surface area contributed by atoms with Crippen LogP contribution in [0.5, 0.6) is 0 Å². The molecule has 1 aliphatic rings. The van der Waals surface area contributed by atoms with E-state index in [1.54, 1.807) is 12.3 Å². The number of carbonyl (C=O) groups excluding carboxylic acids is 1. The first-order valence-corrected chi connectivity index (χ1v) is 5.49. The van der Waals surface area contributed by atoms with E-state index in [-0.39, 0.29) is 24.4 Å². The summed E-state index contributed by atoms with van der Waals surface area (Å²) in [6.07, 6.45) is 3.75. The highest BCUT2D eigenvalue weighted by molar-refractivity contribution is 6.30. The first-order chi connectivity index (χ1) is 7.25. The molecule has 2 heterocycles. The highest BCUT2D eigenvalue weighted by Gasteiger charge is 2.16. The van der Waals surface area contributed by atoms with E-state index >= 15 is 0 Å². The smallest absolute Gasteiger partial charge is 0.268 e. The molecule has 90 valence electrons. The maximum Gasteiger partial charge on any atom is 0.268 e. The van der Waals surface area contributed by atoms with Crippen LogP contribution in [0, 0.1) is 0 Å². The van der Waals surface area contributed by atoms with E-state index in [1.807, 2.05) is 0 Å². The maximum atomic E-state index is 11.7. The lowest BCUT2D eigenvalue weighted by atomic mass is 10.1. The van der Waals surface area contributed by atoms with Crippen molar-refractivity contribution in [3.63, 3.8) is 0 Å². The fourth-order valence-corrected chi connectivity index (χ4v) is 1.90. The summed E-state index contributed by atoms with van der Waals surface area (Å²) in [7, 11) is 0. The van der Waals surface area contributed by atoms with E-state index in [9.17, 15) is 4.79 Å². The average molecular weight is 264 g/mol. The van der Waals surface area contributed by atoms with Gasteiger partial charge in [-0.25, -0.2) is 0 Å². The summed E-state index contributed by atoms with van der Waals surface area (Å²) < 4.78 is 0. The van der Waals surface area contributed by atoms with Gasteiger partial charge >= 0.3 is 0 Å². The molecule has 3 N–H and O–H groups in total. The summed E-state index contributed by atoms with van der Waals surface area (Å²) in [4.78, 5) is 14.5. The standard InChI is InChI=1S/C10H14ClN3O.ClH/c11-7-4-9(13-5-7)10(15)14-8-2-1-3-12-6-8;/h4-5,8,12-13H,1-3,6H2,(H,14,15);1H/t8-;/m0./s1. The van der Waals surface area contributed by atoms with Crippen LogP contribution in [0.4, 0.5) is 0 Å². The van der Waals surface area contributed by atoms with Crippen LogP contribution in [0.25, 0.3) is 0 Å². The fraction of sp³-hybridized carbons (Fsp3) is 0.500. The predicted octanol–water partition coefficient (Wildman–Crippen LogP) is 1.57. The van der Waals surface area contributed by atoms with Crippen molar-refractivity contribution in [3.05, 3.63) is 23.0 Å². The summed E-state index contributed by atoms with van der Waals surface area (Å²) in [5.74, 6) is -0.0874.